The second-order valence-electron chi connectivity index (χ2n) is 4.29. The largest absolute Gasteiger partial charge is 0.398 e. The molecule has 21 heavy (non-hydrogen) atoms. The Morgan fingerprint density at radius 2 is 2.19 bits per heavy atom. The summed E-state index contributed by atoms with van der Waals surface area (Å²) in [6.45, 7) is 0.0901. The summed E-state index contributed by atoms with van der Waals surface area (Å²) in [7, 11) is 1.55. The number of carbonyl (C=O) groups is 2. The smallest absolute Gasteiger partial charge is 0.257 e. The van der Waals surface area contributed by atoms with Gasteiger partial charge in [-0.05, 0) is 18.2 Å². The molecule has 7 nitrogen and oxygen atoms in total. The maximum atomic E-state index is 12.1. The topological polar surface area (TPSA) is 102 Å². The van der Waals surface area contributed by atoms with Gasteiger partial charge in [-0.15, -0.1) is 0 Å². The zero-order valence-electron chi connectivity index (χ0n) is 11.3. The number of nitrogen functional groups attached to an aromatic ring is 1. The molecule has 0 unspecified atom stereocenters. The molecule has 1 aromatic carbocycles. The van der Waals surface area contributed by atoms with E-state index in [0.717, 1.165) is 4.47 Å². The molecule has 1 aromatic heterocycles. The molecule has 2 rings (SSSR count). The Labute approximate surface area is 129 Å². The van der Waals surface area contributed by atoms with Crippen molar-refractivity contribution in [2.45, 2.75) is 6.54 Å². The van der Waals surface area contributed by atoms with Crippen LogP contribution in [0.4, 0.5) is 11.4 Å². The summed E-state index contributed by atoms with van der Waals surface area (Å²) in [4.78, 5) is 23.3. The van der Waals surface area contributed by atoms with Crippen molar-refractivity contribution in [3.8, 4) is 0 Å². The van der Waals surface area contributed by atoms with Gasteiger partial charge in [0.1, 0.15) is 6.54 Å². The Hall–Kier alpha value is -2.35. The first-order chi connectivity index (χ1) is 9.99. The zero-order chi connectivity index (χ0) is 15.4. The first-order valence-corrected chi connectivity index (χ1v) is 6.88. The Kier molecular flexibility index (Phi) is 4.59. The van der Waals surface area contributed by atoms with E-state index in [1.165, 1.54) is 10.9 Å². The fraction of sp³-hybridized carbons (Fsp3) is 0.154. The minimum absolute atomic E-state index is 0.0901. The quantitative estimate of drug-likeness (QED) is 0.720. The zero-order valence-corrected chi connectivity index (χ0v) is 12.8. The van der Waals surface area contributed by atoms with E-state index in [-0.39, 0.29) is 18.4 Å². The van der Waals surface area contributed by atoms with E-state index < -0.39 is 0 Å². The van der Waals surface area contributed by atoms with E-state index in [2.05, 4.69) is 31.7 Å². The lowest BCUT2D eigenvalue weighted by Gasteiger charge is -2.06. The van der Waals surface area contributed by atoms with E-state index in [9.17, 15) is 9.59 Å². The summed E-state index contributed by atoms with van der Waals surface area (Å²) < 4.78 is 2.23. The predicted molar refractivity (Wildman–Crippen MR) is 82.8 cm³/mol. The van der Waals surface area contributed by atoms with Crippen molar-refractivity contribution < 1.29 is 9.59 Å². The minimum Gasteiger partial charge on any atom is -0.398 e. The molecule has 0 spiro atoms. The van der Waals surface area contributed by atoms with Crippen LogP contribution in [0.2, 0.25) is 0 Å². The summed E-state index contributed by atoms with van der Waals surface area (Å²) in [6.07, 6.45) is 3.04. The summed E-state index contributed by atoms with van der Waals surface area (Å²) in [6, 6.07) is 5.02. The molecule has 2 aromatic rings. The highest BCUT2D eigenvalue weighted by molar-refractivity contribution is 9.10. The maximum absolute atomic E-state index is 12.1. The number of hydrogen-bond donors (Lipinski definition) is 3. The normalized spacial score (nSPS) is 10.2. The number of likely N-dealkylation sites (N-methyl/N-ethyl adjacent to an activating group) is 1. The van der Waals surface area contributed by atoms with Crippen LogP contribution in [-0.2, 0) is 11.3 Å². The molecule has 0 atom stereocenters. The van der Waals surface area contributed by atoms with Crippen molar-refractivity contribution in [2.24, 2.45) is 0 Å². The van der Waals surface area contributed by atoms with Crippen molar-refractivity contribution in [1.29, 1.82) is 0 Å². The standard InChI is InChI=1S/C13H14BrN5O2/c1-16-12(20)7-19-6-9(5-17-19)18-13(21)10-3-2-8(14)4-11(10)15/h2-6H,7,15H2,1H3,(H,16,20)(H,18,21). The molecule has 0 radical (unpaired) electrons. The van der Waals surface area contributed by atoms with Crippen LogP contribution in [0, 0.1) is 0 Å². The van der Waals surface area contributed by atoms with Gasteiger partial charge >= 0.3 is 0 Å². The molecular formula is C13H14BrN5O2. The lowest BCUT2D eigenvalue weighted by molar-refractivity contribution is -0.121. The number of nitrogens with zero attached hydrogens (tertiary/aromatic N) is 2. The van der Waals surface area contributed by atoms with Gasteiger partial charge in [0.15, 0.2) is 0 Å². The third kappa shape index (κ3) is 3.82. The fourth-order valence-corrected chi connectivity index (χ4v) is 2.06. The number of halogens is 1. The van der Waals surface area contributed by atoms with Crippen molar-refractivity contribution >= 4 is 39.1 Å². The molecule has 0 aliphatic heterocycles. The van der Waals surface area contributed by atoms with Crippen LogP contribution in [0.3, 0.4) is 0 Å². The van der Waals surface area contributed by atoms with Gasteiger partial charge in [-0.25, -0.2) is 0 Å². The number of benzene rings is 1. The van der Waals surface area contributed by atoms with E-state index >= 15 is 0 Å². The third-order valence-electron chi connectivity index (χ3n) is 2.73. The van der Waals surface area contributed by atoms with E-state index in [0.29, 0.717) is 16.9 Å². The van der Waals surface area contributed by atoms with Crippen LogP contribution in [0.5, 0.6) is 0 Å². The van der Waals surface area contributed by atoms with Crippen LogP contribution in [0.15, 0.2) is 35.1 Å². The first-order valence-electron chi connectivity index (χ1n) is 6.09. The van der Waals surface area contributed by atoms with Crippen molar-refractivity contribution in [3.63, 3.8) is 0 Å². The number of nitrogens with two attached hydrogens (primary N) is 1. The second-order valence-corrected chi connectivity index (χ2v) is 5.20. The summed E-state index contributed by atoms with van der Waals surface area (Å²) in [5.74, 6) is -0.507. The number of carbonyl (C=O) groups excluding carboxylic acids is 2. The van der Waals surface area contributed by atoms with Gasteiger partial charge in [0, 0.05) is 23.4 Å². The van der Waals surface area contributed by atoms with Gasteiger partial charge < -0.3 is 16.4 Å². The van der Waals surface area contributed by atoms with Crippen LogP contribution >= 0.6 is 15.9 Å². The summed E-state index contributed by atoms with van der Waals surface area (Å²) in [5, 5.41) is 9.16. The van der Waals surface area contributed by atoms with Crippen molar-refractivity contribution in [2.75, 3.05) is 18.1 Å². The number of aromatic nitrogens is 2. The van der Waals surface area contributed by atoms with Gasteiger partial charge in [-0.2, -0.15) is 5.10 Å². The Bertz CT molecular complexity index is 683. The highest BCUT2D eigenvalue weighted by Gasteiger charge is 2.11. The molecule has 2 amide bonds. The fourth-order valence-electron chi connectivity index (χ4n) is 1.68. The third-order valence-corrected chi connectivity index (χ3v) is 3.23. The average molecular weight is 352 g/mol. The van der Waals surface area contributed by atoms with E-state index in [4.69, 9.17) is 5.73 Å². The van der Waals surface area contributed by atoms with E-state index in [1.54, 1.807) is 31.4 Å². The van der Waals surface area contributed by atoms with Gasteiger partial charge in [0.25, 0.3) is 5.91 Å². The lowest BCUT2D eigenvalue weighted by atomic mass is 10.1. The molecule has 0 saturated heterocycles. The molecule has 1 heterocycles. The number of rotatable bonds is 4. The average Bonchev–Trinajstić information content (AvgIpc) is 2.85. The van der Waals surface area contributed by atoms with Crippen LogP contribution in [0.1, 0.15) is 10.4 Å². The van der Waals surface area contributed by atoms with Gasteiger partial charge in [-0.3, -0.25) is 14.3 Å². The number of amides is 2. The second kappa shape index (κ2) is 6.40. The minimum atomic E-state index is -0.334. The molecule has 0 fully saturated rings. The van der Waals surface area contributed by atoms with Gasteiger partial charge in [0.2, 0.25) is 5.91 Å². The molecule has 8 heteroatoms. The highest BCUT2D eigenvalue weighted by Crippen LogP contribution is 2.19. The Morgan fingerprint density at radius 3 is 2.86 bits per heavy atom. The predicted octanol–water partition coefficient (Wildman–Crippen LogP) is 1.23. The monoisotopic (exact) mass is 351 g/mol. The first kappa shape index (κ1) is 15.0. The molecule has 0 aliphatic rings. The number of anilines is 2. The van der Waals surface area contributed by atoms with Crippen molar-refractivity contribution in [3.05, 3.63) is 40.6 Å². The van der Waals surface area contributed by atoms with Gasteiger partial charge in [0.05, 0.1) is 17.4 Å². The summed E-state index contributed by atoms with van der Waals surface area (Å²) in [5.41, 5.74) is 7.04. The molecule has 0 bridgehead atoms. The number of nitrogens with one attached hydrogen (secondary N) is 2. The molecular weight excluding hydrogens is 338 g/mol. The van der Waals surface area contributed by atoms with Crippen LogP contribution in [0.25, 0.3) is 0 Å². The van der Waals surface area contributed by atoms with Crippen molar-refractivity contribution in [1.82, 2.24) is 15.1 Å². The van der Waals surface area contributed by atoms with E-state index in [1.807, 2.05) is 0 Å². The molecule has 0 aliphatic carbocycles. The lowest BCUT2D eigenvalue weighted by Crippen LogP contribution is -2.23. The molecule has 110 valence electrons. The molecule has 4 N–H and O–H groups in total. The van der Waals surface area contributed by atoms with Gasteiger partial charge in [-0.1, -0.05) is 15.9 Å². The Morgan fingerprint density at radius 1 is 1.43 bits per heavy atom. The summed E-state index contributed by atoms with van der Waals surface area (Å²) >= 11 is 3.28. The maximum Gasteiger partial charge on any atom is 0.257 e. The SMILES string of the molecule is CNC(=O)Cn1cc(NC(=O)c2ccc(Br)cc2N)cn1. The highest BCUT2D eigenvalue weighted by atomic mass is 79.9. The van der Waals surface area contributed by atoms with Crippen LogP contribution < -0.4 is 16.4 Å². The Balaban J connectivity index is 2.07. The number of hydrogen-bond acceptors (Lipinski definition) is 4. The molecule has 0 saturated carbocycles. The van der Waals surface area contributed by atoms with Crippen LogP contribution in [-0.4, -0.2) is 28.6 Å².